The van der Waals surface area contributed by atoms with Gasteiger partial charge in [0.1, 0.15) is 11.5 Å². The van der Waals surface area contributed by atoms with Crippen molar-refractivity contribution >= 4 is 11.7 Å². The smallest absolute Gasteiger partial charge is 0.233 e. The topological polar surface area (TPSA) is 84.6 Å². The number of phenolic OH excluding ortho intramolecular Hbond substituents is 1. The summed E-state index contributed by atoms with van der Waals surface area (Å²) in [6.45, 7) is 1.90. The van der Waals surface area contributed by atoms with Crippen molar-refractivity contribution in [3.05, 3.63) is 82.2 Å². The van der Waals surface area contributed by atoms with Crippen molar-refractivity contribution in [1.29, 1.82) is 0 Å². The first-order chi connectivity index (χ1) is 14.5. The fourth-order valence-electron chi connectivity index (χ4n) is 4.61. The van der Waals surface area contributed by atoms with Gasteiger partial charge in [-0.2, -0.15) is 0 Å². The summed E-state index contributed by atoms with van der Waals surface area (Å²) in [6, 6.07) is 14.9. The summed E-state index contributed by atoms with van der Waals surface area (Å²) < 4.78 is 11.0. The Morgan fingerprint density at radius 2 is 1.93 bits per heavy atom. The Kier molecular flexibility index (Phi) is 4.35. The van der Waals surface area contributed by atoms with Gasteiger partial charge in [0.05, 0.1) is 18.4 Å². The van der Waals surface area contributed by atoms with Gasteiger partial charge in [-0.1, -0.05) is 29.4 Å². The van der Waals surface area contributed by atoms with Crippen molar-refractivity contribution in [3.8, 4) is 11.5 Å². The fraction of sp³-hybridized carbons (Fsp3) is 0.250. The third kappa shape index (κ3) is 2.96. The van der Waals surface area contributed by atoms with E-state index in [9.17, 15) is 9.90 Å². The molecule has 1 aliphatic heterocycles. The van der Waals surface area contributed by atoms with Crippen LogP contribution in [0, 0.1) is 6.92 Å². The maximum atomic E-state index is 13.4. The first-order valence-corrected chi connectivity index (χ1v) is 9.97. The number of anilines is 1. The second kappa shape index (κ2) is 7.06. The van der Waals surface area contributed by atoms with Crippen LogP contribution in [0.25, 0.3) is 0 Å². The lowest BCUT2D eigenvalue weighted by Gasteiger charge is -2.34. The summed E-state index contributed by atoms with van der Waals surface area (Å²) in [4.78, 5) is 13.4. The normalized spacial score (nSPS) is 20.4. The van der Waals surface area contributed by atoms with Gasteiger partial charge in [-0.05, 0) is 54.7 Å². The number of phenols is 1. The van der Waals surface area contributed by atoms with Crippen molar-refractivity contribution in [3.63, 3.8) is 0 Å². The lowest BCUT2D eigenvalue weighted by atomic mass is 9.72. The predicted molar refractivity (Wildman–Crippen MR) is 112 cm³/mol. The molecule has 1 aromatic heterocycles. The van der Waals surface area contributed by atoms with Crippen LogP contribution >= 0.6 is 0 Å². The molecule has 0 bridgehead atoms. The van der Waals surface area contributed by atoms with Gasteiger partial charge in [0.2, 0.25) is 5.88 Å². The monoisotopic (exact) mass is 402 g/mol. The zero-order valence-electron chi connectivity index (χ0n) is 16.8. The van der Waals surface area contributed by atoms with Crippen LogP contribution in [0.5, 0.6) is 11.5 Å². The Morgan fingerprint density at radius 3 is 2.70 bits per heavy atom. The van der Waals surface area contributed by atoms with E-state index in [1.165, 1.54) is 0 Å². The zero-order valence-corrected chi connectivity index (χ0v) is 16.8. The number of carbonyl (C=O) groups excluding carboxylic acids is 1. The Bertz CT molecular complexity index is 1160. The highest BCUT2D eigenvalue weighted by Crippen LogP contribution is 2.49. The highest BCUT2D eigenvalue weighted by atomic mass is 16.5. The SMILES string of the molecule is COc1cccc([C@@H]2C3=C(C[C@@H](c4ccc(O)cc4)CC3=O)Nc3onc(C)c32)c1. The van der Waals surface area contributed by atoms with E-state index >= 15 is 0 Å². The standard InChI is InChI=1S/C24H22N2O4/c1-13-21-22(15-4-3-5-18(10-15)29-2)23-19(25-24(21)30-26-13)11-16(12-20(23)28)14-6-8-17(27)9-7-14/h3-10,16,22,25,27H,11-12H2,1-2H3/t16-,22+/m1/s1. The molecule has 6 heteroatoms. The van der Waals surface area contributed by atoms with Crippen LogP contribution in [0.1, 0.15) is 47.1 Å². The summed E-state index contributed by atoms with van der Waals surface area (Å²) in [5, 5.41) is 17.1. The summed E-state index contributed by atoms with van der Waals surface area (Å²) in [5.74, 6) is 1.47. The molecule has 2 N–H and O–H groups in total. The lowest BCUT2D eigenvalue weighted by Crippen LogP contribution is -2.29. The number of rotatable bonds is 3. The minimum atomic E-state index is -0.245. The van der Waals surface area contributed by atoms with Gasteiger partial charge in [-0.25, -0.2) is 0 Å². The quantitative estimate of drug-likeness (QED) is 0.663. The second-order valence-electron chi connectivity index (χ2n) is 7.86. The molecule has 2 aliphatic rings. The number of carbonyl (C=O) groups is 1. The number of nitrogens with one attached hydrogen (secondary N) is 1. The average molecular weight is 402 g/mol. The number of aromatic nitrogens is 1. The molecule has 0 saturated heterocycles. The summed E-state index contributed by atoms with van der Waals surface area (Å²) >= 11 is 0. The van der Waals surface area contributed by atoms with E-state index < -0.39 is 0 Å². The molecular formula is C24H22N2O4. The van der Waals surface area contributed by atoms with Gasteiger partial charge in [0, 0.05) is 23.6 Å². The molecule has 3 aromatic rings. The van der Waals surface area contributed by atoms with E-state index in [0.717, 1.165) is 39.4 Å². The maximum absolute atomic E-state index is 13.4. The summed E-state index contributed by atoms with van der Waals surface area (Å²) in [7, 11) is 1.64. The minimum Gasteiger partial charge on any atom is -0.508 e. The third-order valence-corrected chi connectivity index (χ3v) is 6.05. The van der Waals surface area contributed by atoms with Crippen molar-refractivity contribution < 1.29 is 19.2 Å². The molecule has 0 spiro atoms. The first kappa shape index (κ1) is 18.5. The third-order valence-electron chi connectivity index (χ3n) is 6.05. The van der Waals surface area contributed by atoms with Gasteiger partial charge < -0.3 is 19.7 Å². The molecule has 30 heavy (non-hydrogen) atoms. The molecule has 0 fully saturated rings. The highest BCUT2D eigenvalue weighted by Gasteiger charge is 2.41. The second-order valence-corrected chi connectivity index (χ2v) is 7.86. The molecule has 0 unspecified atom stereocenters. The van der Waals surface area contributed by atoms with Gasteiger partial charge in [-0.15, -0.1) is 0 Å². The molecule has 152 valence electrons. The Labute approximate surface area is 174 Å². The molecule has 5 rings (SSSR count). The number of aromatic hydroxyl groups is 1. The molecule has 0 saturated carbocycles. The van der Waals surface area contributed by atoms with Crippen LogP contribution < -0.4 is 10.1 Å². The minimum absolute atomic E-state index is 0.0425. The molecule has 6 nitrogen and oxygen atoms in total. The number of hydrogen-bond donors (Lipinski definition) is 2. The van der Waals surface area contributed by atoms with Crippen molar-refractivity contribution in [2.24, 2.45) is 0 Å². The van der Waals surface area contributed by atoms with Gasteiger partial charge in [0.25, 0.3) is 0 Å². The van der Waals surface area contributed by atoms with Gasteiger partial charge >= 0.3 is 0 Å². The van der Waals surface area contributed by atoms with E-state index in [4.69, 9.17) is 9.26 Å². The first-order valence-electron chi connectivity index (χ1n) is 9.97. The number of ketones is 1. The zero-order chi connectivity index (χ0) is 20.8. The molecule has 2 atom stereocenters. The van der Waals surface area contributed by atoms with E-state index in [0.29, 0.717) is 18.7 Å². The number of aryl methyl sites for hydroxylation is 1. The van der Waals surface area contributed by atoms with Crippen LogP contribution in [0.15, 0.2) is 64.3 Å². The van der Waals surface area contributed by atoms with Crippen LogP contribution in [-0.2, 0) is 4.79 Å². The van der Waals surface area contributed by atoms with Crippen molar-refractivity contribution in [2.45, 2.75) is 31.6 Å². The molecule has 2 aromatic carbocycles. The van der Waals surface area contributed by atoms with Crippen molar-refractivity contribution in [1.82, 2.24) is 5.16 Å². The molecule has 0 radical (unpaired) electrons. The van der Waals surface area contributed by atoms with Gasteiger partial charge in [0.15, 0.2) is 5.78 Å². The highest BCUT2D eigenvalue weighted by molar-refractivity contribution is 6.01. The maximum Gasteiger partial charge on any atom is 0.233 e. The largest absolute Gasteiger partial charge is 0.508 e. The summed E-state index contributed by atoms with van der Waals surface area (Å²) in [5.41, 5.74) is 5.33. The van der Waals surface area contributed by atoms with E-state index in [-0.39, 0.29) is 23.4 Å². The number of ether oxygens (including phenoxy) is 1. The van der Waals surface area contributed by atoms with Gasteiger partial charge in [-0.3, -0.25) is 4.79 Å². The number of nitrogens with zero attached hydrogens (tertiary/aromatic N) is 1. The van der Waals surface area contributed by atoms with E-state index in [1.54, 1.807) is 19.2 Å². The van der Waals surface area contributed by atoms with Crippen LogP contribution in [0.3, 0.4) is 0 Å². The number of Topliss-reactive ketones (excluding diaryl/α,β-unsaturated/α-hetero) is 1. The van der Waals surface area contributed by atoms with Crippen molar-refractivity contribution in [2.75, 3.05) is 12.4 Å². The predicted octanol–water partition coefficient (Wildman–Crippen LogP) is 4.66. The molecule has 2 heterocycles. The number of allylic oxidation sites excluding steroid dienone is 2. The number of benzene rings is 2. The molecule has 0 amide bonds. The molecule has 1 aliphatic carbocycles. The van der Waals surface area contributed by atoms with Crippen LogP contribution in [0.4, 0.5) is 5.88 Å². The molecular weight excluding hydrogens is 380 g/mol. The van der Waals surface area contributed by atoms with Crippen LogP contribution in [-0.4, -0.2) is 23.2 Å². The number of fused-ring (bicyclic) bond motifs is 1. The van der Waals surface area contributed by atoms with E-state index in [1.807, 2.05) is 43.3 Å². The Hall–Kier alpha value is -3.54. The Balaban J connectivity index is 1.61. The lowest BCUT2D eigenvalue weighted by molar-refractivity contribution is -0.116. The Morgan fingerprint density at radius 1 is 1.13 bits per heavy atom. The number of methoxy groups -OCH3 is 1. The summed E-state index contributed by atoms with van der Waals surface area (Å²) in [6.07, 6.45) is 1.11. The van der Waals surface area contributed by atoms with E-state index in [2.05, 4.69) is 10.5 Å². The fourth-order valence-corrected chi connectivity index (χ4v) is 4.61. The average Bonchev–Trinajstić information content (AvgIpc) is 3.13. The number of hydrogen-bond acceptors (Lipinski definition) is 6. The van der Waals surface area contributed by atoms with Crippen LogP contribution in [0.2, 0.25) is 0 Å².